The molecule has 1 fully saturated rings. The third-order valence-corrected chi connectivity index (χ3v) is 6.15. The normalized spacial score (nSPS) is 23.3. The van der Waals surface area contributed by atoms with E-state index in [2.05, 4.69) is 5.32 Å². The van der Waals surface area contributed by atoms with Crippen LogP contribution in [0, 0.1) is 5.92 Å². The van der Waals surface area contributed by atoms with Crippen LogP contribution in [0.2, 0.25) is 5.02 Å². The van der Waals surface area contributed by atoms with Crippen LogP contribution in [0.3, 0.4) is 0 Å². The number of methoxy groups -OCH3 is 1. The van der Waals surface area contributed by atoms with Gasteiger partial charge in [-0.2, -0.15) is 0 Å². The molecule has 2 heterocycles. The van der Waals surface area contributed by atoms with Crippen LogP contribution in [0.5, 0.6) is 0 Å². The van der Waals surface area contributed by atoms with Crippen molar-refractivity contribution in [1.29, 1.82) is 0 Å². The van der Waals surface area contributed by atoms with Gasteiger partial charge in [-0.25, -0.2) is 0 Å². The first-order valence-electron chi connectivity index (χ1n) is 9.32. The van der Waals surface area contributed by atoms with E-state index in [1.54, 1.807) is 19.2 Å². The van der Waals surface area contributed by atoms with Gasteiger partial charge in [-0.15, -0.1) is 0 Å². The fourth-order valence-electron chi connectivity index (χ4n) is 4.62. The van der Waals surface area contributed by atoms with E-state index in [1.807, 2.05) is 22.8 Å². The molecule has 2 amide bonds. The van der Waals surface area contributed by atoms with Crippen molar-refractivity contribution in [2.45, 2.75) is 31.2 Å². The molecule has 1 aromatic heterocycles. The number of benzene rings is 1. The SMILES string of the molecule is COCCCn1c(C=O)cc2c1CC(c1ccccc1Cl)C1C(=O)NC(=O)C21.[HH]. The summed E-state index contributed by atoms with van der Waals surface area (Å²) < 4.78 is 7.09. The summed E-state index contributed by atoms with van der Waals surface area (Å²) >= 11 is 6.44. The van der Waals surface area contributed by atoms with Crippen molar-refractivity contribution in [2.24, 2.45) is 5.92 Å². The summed E-state index contributed by atoms with van der Waals surface area (Å²) in [5, 5.41) is 3.06. The fourth-order valence-corrected chi connectivity index (χ4v) is 4.90. The van der Waals surface area contributed by atoms with Gasteiger partial charge in [-0.05, 0) is 36.1 Å². The van der Waals surface area contributed by atoms with E-state index in [0.717, 1.165) is 29.5 Å². The quantitative estimate of drug-likeness (QED) is 0.458. The number of imide groups is 1. The molecule has 0 spiro atoms. The van der Waals surface area contributed by atoms with E-state index in [-0.39, 0.29) is 19.2 Å². The number of rotatable bonds is 6. The molecule has 148 valence electrons. The van der Waals surface area contributed by atoms with Gasteiger partial charge in [0.05, 0.1) is 17.5 Å². The Morgan fingerprint density at radius 1 is 1.29 bits per heavy atom. The summed E-state index contributed by atoms with van der Waals surface area (Å²) in [6, 6.07) is 9.19. The van der Waals surface area contributed by atoms with Crippen LogP contribution in [-0.4, -0.2) is 36.4 Å². The van der Waals surface area contributed by atoms with Gasteiger partial charge in [0.1, 0.15) is 0 Å². The Morgan fingerprint density at radius 3 is 2.79 bits per heavy atom. The third kappa shape index (κ3) is 2.97. The number of carbonyl (C=O) groups excluding carboxylic acids is 3. The zero-order chi connectivity index (χ0) is 19.8. The lowest BCUT2D eigenvalue weighted by molar-refractivity contribution is -0.126. The molecule has 1 aliphatic heterocycles. The second kappa shape index (κ2) is 7.53. The van der Waals surface area contributed by atoms with Crippen LogP contribution in [0.4, 0.5) is 0 Å². The molecule has 0 radical (unpaired) electrons. The molecule has 1 aromatic carbocycles. The fraction of sp³-hybridized carbons (Fsp3) is 0.381. The van der Waals surface area contributed by atoms with Gasteiger partial charge < -0.3 is 9.30 Å². The monoisotopic (exact) mass is 402 g/mol. The molecule has 1 aliphatic carbocycles. The number of halogens is 1. The van der Waals surface area contributed by atoms with Crippen LogP contribution < -0.4 is 5.32 Å². The maximum atomic E-state index is 12.6. The van der Waals surface area contributed by atoms with Crippen molar-refractivity contribution >= 4 is 29.7 Å². The molecular weight excluding hydrogens is 380 g/mol. The lowest BCUT2D eigenvalue weighted by atomic mass is 9.69. The molecule has 3 atom stereocenters. The molecule has 1 saturated heterocycles. The van der Waals surface area contributed by atoms with Crippen molar-refractivity contribution in [3.05, 3.63) is 57.9 Å². The Morgan fingerprint density at radius 2 is 2.07 bits per heavy atom. The number of fused-ring (bicyclic) bond motifs is 3. The highest BCUT2D eigenvalue weighted by Gasteiger charge is 2.52. The highest BCUT2D eigenvalue weighted by molar-refractivity contribution is 6.31. The van der Waals surface area contributed by atoms with Gasteiger partial charge in [-0.1, -0.05) is 29.8 Å². The number of hydrogen-bond donors (Lipinski definition) is 1. The number of nitrogens with one attached hydrogen (secondary N) is 1. The summed E-state index contributed by atoms with van der Waals surface area (Å²) in [5.74, 6) is -1.92. The Kier molecular flexibility index (Phi) is 5.08. The molecule has 7 heteroatoms. The van der Waals surface area contributed by atoms with Crippen molar-refractivity contribution in [2.75, 3.05) is 13.7 Å². The van der Waals surface area contributed by atoms with E-state index in [4.69, 9.17) is 16.3 Å². The molecule has 6 nitrogen and oxygen atoms in total. The minimum Gasteiger partial charge on any atom is -0.385 e. The topological polar surface area (TPSA) is 77.4 Å². The smallest absolute Gasteiger partial charge is 0.235 e. The zero-order valence-electron chi connectivity index (χ0n) is 15.5. The van der Waals surface area contributed by atoms with Crippen LogP contribution in [-0.2, 0) is 27.3 Å². The Hall–Kier alpha value is -2.44. The van der Waals surface area contributed by atoms with Gasteiger partial charge in [0.25, 0.3) is 0 Å². The predicted molar refractivity (Wildman–Crippen MR) is 106 cm³/mol. The summed E-state index contributed by atoms with van der Waals surface area (Å²) in [4.78, 5) is 36.9. The molecule has 0 saturated carbocycles. The molecule has 2 aromatic rings. The number of nitrogens with zero attached hydrogens (tertiary/aromatic N) is 1. The van der Waals surface area contributed by atoms with E-state index in [0.29, 0.717) is 30.3 Å². The lowest BCUT2D eigenvalue weighted by Crippen LogP contribution is -2.31. The van der Waals surface area contributed by atoms with Crippen molar-refractivity contribution in [3.63, 3.8) is 0 Å². The average molecular weight is 403 g/mol. The summed E-state index contributed by atoms with van der Waals surface area (Å²) in [6.45, 7) is 1.18. The molecular formula is C21H23ClN2O4. The maximum absolute atomic E-state index is 12.6. The predicted octanol–water partition coefficient (Wildman–Crippen LogP) is 2.93. The van der Waals surface area contributed by atoms with Crippen molar-refractivity contribution in [1.82, 2.24) is 9.88 Å². The summed E-state index contributed by atoms with van der Waals surface area (Å²) in [6.07, 6.45) is 2.09. The van der Waals surface area contributed by atoms with Crippen LogP contribution >= 0.6 is 11.6 Å². The highest BCUT2D eigenvalue weighted by Crippen LogP contribution is 2.49. The summed E-state index contributed by atoms with van der Waals surface area (Å²) in [7, 11) is 1.64. The minimum absolute atomic E-state index is 0. The molecule has 4 rings (SSSR count). The second-order valence-corrected chi connectivity index (χ2v) is 7.68. The molecule has 2 aliphatic rings. The lowest BCUT2D eigenvalue weighted by Gasteiger charge is -2.32. The Bertz CT molecular complexity index is 958. The second-order valence-electron chi connectivity index (χ2n) is 7.28. The number of carbonyl (C=O) groups is 3. The average Bonchev–Trinajstić information content (AvgIpc) is 3.19. The van der Waals surface area contributed by atoms with E-state index in [9.17, 15) is 14.4 Å². The van der Waals surface area contributed by atoms with Crippen molar-refractivity contribution < 1.29 is 20.5 Å². The van der Waals surface area contributed by atoms with E-state index in [1.165, 1.54) is 0 Å². The number of hydrogen-bond acceptors (Lipinski definition) is 4. The molecule has 1 N–H and O–H groups in total. The van der Waals surface area contributed by atoms with Gasteiger partial charge in [0.2, 0.25) is 11.8 Å². The summed E-state index contributed by atoms with van der Waals surface area (Å²) in [5.41, 5.74) is 3.07. The largest absolute Gasteiger partial charge is 0.385 e. The number of aldehydes is 1. The molecule has 0 bridgehead atoms. The highest BCUT2D eigenvalue weighted by atomic mass is 35.5. The minimum atomic E-state index is -0.597. The molecule has 28 heavy (non-hydrogen) atoms. The number of ether oxygens (including phenoxy) is 1. The van der Waals surface area contributed by atoms with Crippen LogP contribution in [0.1, 0.15) is 47.0 Å². The standard InChI is InChI=1S/C21H21ClN2O4.H2/c1-28-8-4-7-24-12(11-25)9-15-17(24)10-14(13-5-2-3-6-16(13)22)18-19(15)21(27)23-20(18)26;/h2-3,5-6,9,11,14,18-19H,4,7-8,10H2,1H3,(H,23,26,27);1H. The van der Waals surface area contributed by atoms with E-state index < -0.39 is 11.8 Å². The first kappa shape index (κ1) is 18.9. The number of amides is 2. The van der Waals surface area contributed by atoms with Crippen LogP contribution in [0.15, 0.2) is 30.3 Å². The van der Waals surface area contributed by atoms with E-state index >= 15 is 0 Å². The van der Waals surface area contributed by atoms with Crippen molar-refractivity contribution in [3.8, 4) is 0 Å². The van der Waals surface area contributed by atoms with Gasteiger partial charge >= 0.3 is 0 Å². The number of aromatic nitrogens is 1. The van der Waals surface area contributed by atoms with Gasteiger partial charge in [0, 0.05) is 38.3 Å². The van der Waals surface area contributed by atoms with Gasteiger partial charge in [-0.3, -0.25) is 19.7 Å². The van der Waals surface area contributed by atoms with Gasteiger partial charge in [0.15, 0.2) is 6.29 Å². The maximum Gasteiger partial charge on any atom is 0.235 e. The Labute approximate surface area is 169 Å². The third-order valence-electron chi connectivity index (χ3n) is 5.80. The van der Waals surface area contributed by atoms with Crippen LogP contribution in [0.25, 0.3) is 0 Å². The first-order valence-corrected chi connectivity index (χ1v) is 9.70. The zero-order valence-corrected chi connectivity index (χ0v) is 16.2. The Balaban J connectivity index is 0.00000240. The molecule has 3 unspecified atom stereocenters. The first-order chi connectivity index (χ1) is 13.6.